The minimum Gasteiger partial charge on any atom is -0.298 e. The van der Waals surface area contributed by atoms with Crippen LogP contribution in [-0.4, -0.2) is 41.0 Å². The molecule has 2 heterocycles. The van der Waals surface area contributed by atoms with Gasteiger partial charge in [-0.25, -0.2) is 0 Å². The van der Waals surface area contributed by atoms with Gasteiger partial charge in [0.1, 0.15) is 17.6 Å². The first kappa shape index (κ1) is 7.75. The summed E-state index contributed by atoms with van der Waals surface area (Å²) >= 11 is 0. The highest BCUT2D eigenvalue weighted by Gasteiger charge is 2.80. The van der Waals surface area contributed by atoms with Gasteiger partial charge >= 0.3 is 0 Å². The van der Waals surface area contributed by atoms with Gasteiger partial charge in [-0.3, -0.25) is 19.2 Å². The highest BCUT2D eigenvalue weighted by Crippen LogP contribution is 2.71. The Bertz CT molecular complexity index is 262. The zero-order valence-corrected chi connectivity index (χ0v) is 8.41. The third-order valence-corrected chi connectivity index (χ3v) is 14.2. The van der Waals surface area contributed by atoms with Gasteiger partial charge in [0.15, 0.2) is 23.4 Å². The van der Waals surface area contributed by atoms with E-state index in [9.17, 15) is 19.2 Å². The molecule has 0 unspecified atom stereocenters. The Morgan fingerprint density at radius 2 is 1.25 bits per heavy atom. The topological polar surface area (TPSA) is 68.3 Å². The van der Waals surface area contributed by atoms with Crippen molar-refractivity contribution in [3.05, 3.63) is 0 Å². The van der Waals surface area contributed by atoms with Gasteiger partial charge in [0.2, 0.25) is 0 Å². The Hall–Kier alpha value is -0.886. The number of carbonyl (C=O) groups is 4. The highest BCUT2D eigenvalue weighted by molar-refractivity contribution is 7.38. The summed E-state index contributed by atoms with van der Waals surface area (Å²) in [6.07, 6.45) is 0.750. The lowest BCUT2D eigenvalue weighted by molar-refractivity contribution is -0.125. The van der Waals surface area contributed by atoms with Gasteiger partial charge in [-0.05, 0) is 10.3 Å². The molecule has 6 heteroatoms. The molecule has 0 amide bonds. The maximum atomic E-state index is 10.8. The van der Waals surface area contributed by atoms with Crippen LogP contribution in [0.4, 0.5) is 0 Å². The summed E-state index contributed by atoms with van der Waals surface area (Å²) < 4.78 is 0. The molecule has 0 N–H and O–H groups in total. The van der Waals surface area contributed by atoms with Gasteiger partial charge in [0.25, 0.3) is 0 Å². The summed E-state index contributed by atoms with van der Waals surface area (Å²) in [6, 6.07) is 0. The maximum Gasteiger partial charge on any atom is 0.180 e. The standard InChI is InChI=1S/C6H6O4Si2/c7-1-3(9)11-5-6(11)12(5)4(10)2-8/h1-2,5-6,11-12H. The molecule has 0 saturated carbocycles. The number of hydrogen-bond donors (Lipinski definition) is 0. The summed E-state index contributed by atoms with van der Waals surface area (Å²) in [5, 5.41) is 0.0701. The molecule has 0 atom stereocenters. The molecule has 12 heavy (non-hydrogen) atoms. The highest BCUT2D eigenvalue weighted by atomic mass is 28.4. The predicted molar refractivity (Wildman–Crippen MR) is 43.9 cm³/mol. The van der Waals surface area contributed by atoms with Crippen LogP contribution in [0.3, 0.4) is 0 Å². The molecule has 0 aromatic heterocycles. The zero-order chi connectivity index (χ0) is 8.88. The minimum absolute atomic E-state index is 0.257. The van der Waals surface area contributed by atoms with Crippen molar-refractivity contribution in [3.63, 3.8) is 0 Å². The van der Waals surface area contributed by atoms with E-state index in [1.165, 1.54) is 0 Å². The molecule has 2 aliphatic rings. The molecule has 2 rings (SSSR count). The quantitative estimate of drug-likeness (QED) is 0.295. The van der Waals surface area contributed by atoms with E-state index in [0.717, 1.165) is 0 Å². The normalized spacial score (nSPS) is 41.0. The third kappa shape index (κ3) is 0.816. The average molecular weight is 198 g/mol. The van der Waals surface area contributed by atoms with Crippen LogP contribution < -0.4 is 0 Å². The smallest absolute Gasteiger partial charge is 0.180 e. The zero-order valence-electron chi connectivity index (χ0n) is 6.10. The molecule has 0 bridgehead atoms. The summed E-state index contributed by atoms with van der Waals surface area (Å²) in [4.78, 5) is 41.7. The molecular weight excluding hydrogens is 192 g/mol. The lowest BCUT2D eigenvalue weighted by atomic mass is 10.9. The van der Waals surface area contributed by atoms with Crippen LogP contribution in [0, 0.1) is 0 Å². The Morgan fingerprint density at radius 1 is 0.917 bits per heavy atom. The lowest BCUT2D eigenvalue weighted by Crippen LogP contribution is -2.31. The fourth-order valence-electron chi connectivity index (χ4n) is 1.94. The molecule has 2 saturated heterocycles. The van der Waals surface area contributed by atoms with Gasteiger partial charge in [-0.2, -0.15) is 0 Å². The van der Waals surface area contributed by atoms with Crippen LogP contribution >= 0.6 is 0 Å². The van der Waals surface area contributed by atoms with Crippen molar-refractivity contribution in [2.75, 3.05) is 0 Å². The number of aldehydes is 2. The van der Waals surface area contributed by atoms with E-state index in [1.807, 2.05) is 0 Å². The number of hydrogen-bond acceptors (Lipinski definition) is 4. The predicted octanol–water partition coefficient (Wildman–Crippen LogP) is -2.10. The van der Waals surface area contributed by atoms with Crippen molar-refractivity contribution >= 4 is 41.0 Å². The van der Waals surface area contributed by atoms with Crippen LogP contribution in [0.25, 0.3) is 0 Å². The van der Waals surface area contributed by atoms with E-state index in [1.54, 1.807) is 0 Å². The van der Waals surface area contributed by atoms with Gasteiger partial charge < -0.3 is 0 Å². The van der Waals surface area contributed by atoms with E-state index in [4.69, 9.17) is 0 Å². The number of carbonyl (C=O) groups excluding carboxylic acids is 4. The molecule has 4 nitrogen and oxygen atoms in total. The first-order valence-electron chi connectivity index (χ1n) is 3.70. The third-order valence-electron chi connectivity index (χ3n) is 2.71. The summed E-state index contributed by atoms with van der Waals surface area (Å²) in [5.74, 6) is 0. The van der Waals surface area contributed by atoms with Crippen LogP contribution in [0.5, 0.6) is 0 Å². The first-order chi connectivity index (χ1) is 5.72. The van der Waals surface area contributed by atoms with E-state index in [0.29, 0.717) is 22.9 Å². The van der Waals surface area contributed by atoms with Gasteiger partial charge in [0, 0.05) is 0 Å². The second-order valence-electron chi connectivity index (χ2n) is 3.25. The second kappa shape index (κ2) is 2.30. The van der Waals surface area contributed by atoms with Crippen LogP contribution in [0.2, 0.25) is 10.3 Å². The SMILES string of the molecule is O=CC(=O)[SiH]1C2C1[SiH]2C(=O)C=O. The van der Waals surface area contributed by atoms with Crippen LogP contribution in [0.15, 0.2) is 0 Å². The van der Waals surface area contributed by atoms with Crippen molar-refractivity contribution in [2.45, 2.75) is 10.3 Å². The second-order valence-corrected chi connectivity index (χ2v) is 11.1. The fourth-order valence-corrected chi connectivity index (χ4v) is 14.2. The van der Waals surface area contributed by atoms with Gasteiger partial charge in [-0.1, -0.05) is 0 Å². The average Bonchev–Trinajstić information content (AvgIpc) is 2.91. The summed E-state index contributed by atoms with van der Waals surface area (Å²) in [5.41, 5.74) is 0. The number of fused-ring (bicyclic) bond motifs is 1. The van der Waals surface area contributed by atoms with E-state index >= 15 is 0 Å². The molecule has 2 fully saturated rings. The molecule has 0 aromatic carbocycles. The van der Waals surface area contributed by atoms with Crippen molar-refractivity contribution in [3.8, 4) is 0 Å². The van der Waals surface area contributed by atoms with Gasteiger partial charge in [-0.15, -0.1) is 0 Å². The Kier molecular flexibility index (Phi) is 1.48. The summed E-state index contributed by atoms with van der Waals surface area (Å²) in [6.45, 7) is 0. The lowest BCUT2D eigenvalue weighted by Gasteiger charge is -1.99. The first-order valence-corrected chi connectivity index (χ1v) is 7.52. The molecule has 2 aliphatic heterocycles. The molecular formula is C6H6O4Si2. The largest absolute Gasteiger partial charge is 0.298 e. The Labute approximate surface area is 71.2 Å². The minimum atomic E-state index is -1.46. The maximum absolute atomic E-state index is 10.8. The van der Waals surface area contributed by atoms with E-state index in [-0.39, 0.29) is 10.8 Å². The van der Waals surface area contributed by atoms with Crippen LogP contribution in [0.1, 0.15) is 0 Å². The van der Waals surface area contributed by atoms with Gasteiger partial charge in [0.05, 0.1) is 0 Å². The Morgan fingerprint density at radius 3 is 1.50 bits per heavy atom. The molecule has 0 radical (unpaired) electrons. The van der Waals surface area contributed by atoms with E-state index in [2.05, 4.69) is 0 Å². The van der Waals surface area contributed by atoms with Crippen molar-refractivity contribution in [1.82, 2.24) is 0 Å². The molecule has 0 aliphatic carbocycles. The van der Waals surface area contributed by atoms with Crippen molar-refractivity contribution in [2.24, 2.45) is 0 Å². The van der Waals surface area contributed by atoms with Crippen molar-refractivity contribution < 1.29 is 19.2 Å². The van der Waals surface area contributed by atoms with Crippen molar-refractivity contribution in [1.29, 1.82) is 0 Å². The number of rotatable bonds is 4. The molecule has 0 spiro atoms. The molecule has 0 aromatic rings. The monoisotopic (exact) mass is 198 g/mol. The Balaban J connectivity index is 1.90. The van der Waals surface area contributed by atoms with E-state index < -0.39 is 17.6 Å². The summed E-state index contributed by atoms with van der Waals surface area (Å²) in [7, 11) is -2.93. The van der Waals surface area contributed by atoms with Crippen LogP contribution in [-0.2, 0) is 19.2 Å². The molecule has 62 valence electrons. The fraction of sp³-hybridized carbons (Fsp3) is 0.333.